The first-order chi connectivity index (χ1) is 11.2. The molecule has 0 saturated carbocycles. The molecule has 1 atom stereocenters. The second kappa shape index (κ2) is 8.64. The zero-order chi connectivity index (χ0) is 18.0. The lowest BCUT2D eigenvalue weighted by atomic mass is 9.81. The van der Waals surface area contributed by atoms with Crippen molar-refractivity contribution in [2.45, 2.75) is 31.2 Å². The highest BCUT2D eigenvalue weighted by Gasteiger charge is 2.39. The molecule has 9 heteroatoms. The van der Waals surface area contributed by atoms with Gasteiger partial charge in [0, 0.05) is 26.2 Å². The van der Waals surface area contributed by atoms with Crippen LogP contribution in [0.25, 0.3) is 0 Å². The van der Waals surface area contributed by atoms with Gasteiger partial charge in [-0.25, -0.2) is 12.8 Å². The quantitative estimate of drug-likeness (QED) is 0.744. The van der Waals surface area contributed by atoms with Crippen molar-refractivity contribution < 1.29 is 22.3 Å². The summed E-state index contributed by atoms with van der Waals surface area (Å²) >= 11 is 0. The van der Waals surface area contributed by atoms with E-state index in [0.29, 0.717) is 19.6 Å². The molecular weight excluding hydrogens is 371 g/mol. The van der Waals surface area contributed by atoms with Crippen LogP contribution in [0, 0.1) is 11.2 Å². The summed E-state index contributed by atoms with van der Waals surface area (Å²) in [6.45, 7) is 4.94. The van der Waals surface area contributed by atoms with Crippen molar-refractivity contribution in [1.82, 2.24) is 4.31 Å². The Morgan fingerprint density at radius 1 is 1.36 bits per heavy atom. The van der Waals surface area contributed by atoms with Crippen LogP contribution in [0.5, 0.6) is 5.75 Å². The van der Waals surface area contributed by atoms with Crippen LogP contribution in [0.4, 0.5) is 4.39 Å². The third-order valence-corrected chi connectivity index (χ3v) is 6.21. The SMILES string of the molecule is COCCOc1ccc(F)cc1S(=O)(=O)N1CCC(N)C(C)(C)C1.Cl. The van der Waals surface area contributed by atoms with Crippen molar-refractivity contribution >= 4 is 22.4 Å². The molecule has 25 heavy (non-hydrogen) atoms. The predicted octanol–water partition coefficient (Wildman–Crippen LogP) is 2.02. The summed E-state index contributed by atoms with van der Waals surface area (Å²) in [5, 5.41) is 0. The van der Waals surface area contributed by atoms with E-state index in [1.165, 1.54) is 23.5 Å². The van der Waals surface area contributed by atoms with Gasteiger partial charge in [-0.3, -0.25) is 0 Å². The first-order valence-corrected chi connectivity index (χ1v) is 9.29. The molecule has 0 amide bonds. The van der Waals surface area contributed by atoms with Gasteiger partial charge in [0.25, 0.3) is 0 Å². The molecule has 6 nitrogen and oxygen atoms in total. The minimum Gasteiger partial charge on any atom is -0.490 e. The number of hydrogen-bond acceptors (Lipinski definition) is 5. The Balaban J connectivity index is 0.00000312. The van der Waals surface area contributed by atoms with Gasteiger partial charge in [-0.15, -0.1) is 12.4 Å². The van der Waals surface area contributed by atoms with Crippen LogP contribution in [-0.4, -0.2) is 52.2 Å². The zero-order valence-electron chi connectivity index (χ0n) is 14.7. The Bertz CT molecular complexity index is 685. The Morgan fingerprint density at radius 3 is 2.64 bits per heavy atom. The summed E-state index contributed by atoms with van der Waals surface area (Å²) in [7, 11) is -2.36. The highest BCUT2D eigenvalue weighted by atomic mass is 35.5. The number of sulfonamides is 1. The van der Waals surface area contributed by atoms with Gasteiger partial charge >= 0.3 is 0 Å². The smallest absolute Gasteiger partial charge is 0.246 e. The molecule has 0 bridgehead atoms. The minimum atomic E-state index is -3.87. The van der Waals surface area contributed by atoms with Crippen LogP contribution < -0.4 is 10.5 Å². The third-order valence-electron chi connectivity index (χ3n) is 4.35. The fraction of sp³-hybridized carbons (Fsp3) is 0.625. The van der Waals surface area contributed by atoms with E-state index in [0.717, 1.165) is 6.07 Å². The van der Waals surface area contributed by atoms with Crippen molar-refractivity contribution in [3.63, 3.8) is 0 Å². The van der Waals surface area contributed by atoms with Crippen molar-refractivity contribution in [3.05, 3.63) is 24.0 Å². The average molecular weight is 397 g/mol. The van der Waals surface area contributed by atoms with Gasteiger partial charge in [0.1, 0.15) is 23.1 Å². The summed E-state index contributed by atoms with van der Waals surface area (Å²) in [6, 6.07) is 3.43. The highest BCUT2D eigenvalue weighted by molar-refractivity contribution is 7.89. The Labute approximate surface area is 154 Å². The second-order valence-corrected chi connectivity index (χ2v) is 8.56. The Hall–Kier alpha value is -0.930. The summed E-state index contributed by atoms with van der Waals surface area (Å²) in [5.74, 6) is -0.498. The number of halogens is 2. The third kappa shape index (κ3) is 5.04. The summed E-state index contributed by atoms with van der Waals surface area (Å²) in [5.41, 5.74) is 5.72. The lowest BCUT2D eigenvalue weighted by molar-refractivity contribution is 0.143. The maximum atomic E-state index is 13.7. The summed E-state index contributed by atoms with van der Waals surface area (Å²) in [4.78, 5) is -0.162. The fourth-order valence-electron chi connectivity index (χ4n) is 2.71. The van der Waals surface area contributed by atoms with E-state index in [2.05, 4.69) is 0 Å². The molecule has 0 radical (unpaired) electrons. The van der Waals surface area contributed by atoms with Crippen LogP contribution in [-0.2, 0) is 14.8 Å². The number of ether oxygens (including phenoxy) is 2. The molecule has 1 heterocycles. The van der Waals surface area contributed by atoms with Crippen molar-refractivity contribution in [1.29, 1.82) is 0 Å². The van der Waals surface area contributed by atoms with E-state index in [-0.39, 0.29) is 47.7 Å². The molecule has 144 valence electrons. The van der Waals surface area contributed by atoms with Crippen LogP contribution >= 0.6 is 12.4 Å². The van der Waals surface area contributed by atoms with E-state index in [1.54, 1.807) is 0 Å². The molecule has 1 aromatic rings. The van der Waals surface area contributed by atoms with E-state index < -0.39 is 15.8 Å². The van der Waals surface area contributed by atoms with Gasteiger partial charge in [-0.05, 0) is 30.0 Å². The number of nitrogens with two attached hydrogens (primary N) is 1. The molecule has 0 spiro atoms. The van der Waals surface area contributed by atoms with Gasteiger partial charge in [-0.1, -0.05) is 13.8 Å². The molecule has 1 aliphatic heterocycles. The monoisotopic (exact) mass is 396 g/mol. The highest BCUT2D eigenvalue weighted by Crippen LogP contribution is 2.34. The lowest BCUT2D eigenvalue weighted by Crippen LogP contribution is -2.53. The molecule has 1 aromatic carbocycles. The number of hydrogen-bond donors (Lipinski definition) is 1. The minimum absolute atomic E-state index is 0. The topological polar surface area (TPSA) is 81.9 Å². The van der Waals surface area contributed by atoms with Gasteiger partial charge in [0.15, 0.2) is 0 Å². The molecule has 1 aliphatic rings. The maximum absolute atomic E-state index is 13.7. The normalized spacial score (nSPS) is 20.8. The Morgan fingerprint density at radius 2 is 2.04 bits per heavy atom. The first kappa shape index (κ1) is 22.1. The second-order valence-electron chi connectivity index (χ2n) is 6.65. The van der Waals surface area contributed by atoms with Crippen molar-refractivity contribution in [2.24, 2.45) is 11.1 Å². The zero-order valence-corrected chi connectivity index (χ0v) is 16.3. The molecule has 1 fully saturated rings. The number of rotatable bonds is 6. The first-order valence-electron chi connectivity index (χ1n) is 7.85. The number of benzene rings is 1. The maximum Gasteiger partial charge on any atom is 0.246 e. The largest absolute Gasteiger partial charge is 0.490 e. The summed E-state index contributed by atoms with van der Waals surface area (Å²) < 4.78 is 51.4. The lowest BCUT2D eigenvalue weighted by Gasteiger charge is -2.41. The van der Waals surface area contributed by atoms with Gasteiger partial charge in [-0.2, -0.15) is 4.31 Å². The summed E-state index contributed by atoms with van der Waals surface area (Å²) in [6.07, 6.45) is 0.557. The number of piperidine rings is 1. The molecule has 1 saturated heterocycles. The van der Waals surface area contributed by atoms with E-state index in [4.69, 9.17) is 15.2 Å². The predicted molar refractivity (Wildman–Crippen MR) is 96.2 cm³/mol. The number of nitrogens with zero attached hydrogens (tertiary/aromatic N) is 1. The van der Waals surface area contributed by atoms with E-state index in [9.17, 15) is 12.8 Å². The fourth-order valence-corrected chi connectivity index (χ4v) is 4.48. The molecule has 1 unspecified atom stereocenters. The van der Waals surface area contributed by atoms with E-state index >= 15 is 0 Å². The average Bonchev–Trinajstić information content (AvgIpc) is 2.51. The van der Waals surface area contributed by atoms with Crippen LogP contribution in [0.15, 0.2) is 23.1 Å². The molecule has 0 aliphatic carbocycles. The van der Waals surface area contributed by atoms with E-state index in [1.807, 2.05) is 13.8 Å². The molecule has 2 N–H and O–H groups in total. The van der Waals surface area contributed by atoms with Gasteiger partial charge in [0.2, 0.25) is 10.0 Å². The number of methoxy groups -OCH3 is 1. The van der Waals surface area contributed by atoms with Crippen molar-refractivity contribution in [3.8, 4) is 5.75 Å². The van der Waals surface area contributed by atoms with Crippen molar-refractivity contribution in [2.75, 3.05) is 33.4 Å². The van der Waals surface area contributed by atoms with Crippen LogP contribution in [0.3, 0.4) is 0 Å². The van der Waals surface area contributed by atoms with Gasteiger partial charge < -0.3 is 15.2 Å². The van der Waals surface area contributed by atoms with Crippen LogP contribution in [0.2, 0.25) is 0 Å². The standard InChI is InChI=1S/C16H25FN2O4S.ClH/c1-16(2)11-19(7-6-15(16)18)24(20,21)14-10-12(17)4-5-13(14)23-9-8-22-3;/h4-5,10,15H,6-9,11,18H2,1-3H3;1H. The molecular formula is C16H26ClFN2O4S. The molecule has 2 rings (SSSR count). The Kier molecular flexibility index (Phi) is 7.64. The van der Waals surface area contributed by atoms with Crippen LogP contribution in [0.1, 0.15) is 20.3 Å². The van der Waals surface area contributed by atoms with Gasteiger partial charge in [0.05, 0.1) is 6.61 Å². The molecule has 0 aromatic heterocycles.